The Morgan fingerprint density at radius 1 is 0.860 bits per heavy atom. The summed E-state index contributed by atoms with van der Waals surface area (Å²) in [5.74, 6) is -2.47. The van der Waals surface area contributed by atoms with Crippen molar-refractivity contribution in [2.45, 2.75) is 62.9 Å². The van der Waals surface area contributed by atoms with Crippen molar-refractivity contribution in [1.29, 1.82) is 0 Å². The summed E-state index contributed by atoms with van der Waals surface area (Å²) in [6, 6.07) is 17.3. The van der Waals surface area contributed by atoms with Crippen LogP contribution in [0.2, 0.25) is 0 Å². The van der Waals surface area contributed by atoms with Crippen LogP contribution in [0.25, 0.3) is 0 Å². The van der Waals surface area contributed by atoms with E-state index in [9.17, 15) is 19.5 Å². The minimum absolute atomic E-state index is 0.169. The molecule has 6 atom stereocenters. The van der Waals surface area contributed by atoms with Crippen LogP contribution in [0.4, 0.5) is 0 Å². The molecule has 43 heavy (non-hydrogen) atoms. The number of amides is 3. The molecule has 1 spiro atoms. The Labute approximate surface area is 253 Å². The van der Waals surface area contributed by atoms with Gasteiger partial charge in [-0.2, -0.15) is 0 Å². The molecule has 1 N–H and O–H groups in total. The normalized spacial score (nSPS) is 30.6. The molecule has 2 aromatic rings. The van der Waals surface area contributed by atoms with E-state index in [2.05, 4.69) is 6.92 Å². The van der Waals surface area contributed by atoms with E-state index in [1.165, 1.54) is 4.90 Å². The number of hydrogen-bond donors (Lipinski definition) is 1. The number of benzene rings is 2. The summed E-state index contributed by atoms with van der Waals surface area (Å²) in [5.41, 5.74) is -0.718. The number of hydrogen-bond acceptors (Lipinski definition) is 5. The maximum Gasteiger partial charge on any atom is 0.249 e. The number of aliphatic hydroxyl groups is 1. The Hall–Kier alpha value is -3.75. The second-order valence-electron chi connectivity index (χ2n) is 12.4. The van der Waals surface area contributed by atoms with Crippen LogP contribution in [-0.4, -0.2) is 81.0 Å². The van der Waals surface area contributed by atoms with E-state index >= 15 is 0 Å². The van der Waals surface area contributed by atoms with Crippen LogP contribution in [-0.2, 0) is 25.7 Å². The molecular weight excluding hydrogens is 542 g/mol. The second-order valence-corrected chi connectivity index (χ2v) is 12.4. The minimum atomic E-state index is -1.36. The zero-order chi connectivity index (χ0) is 30.2. The molecule has 8 nitrogen and oxygen atoms in total. The van der Waals surface area contributed by atoms with Gasteiger partial charge in [-0.15, -0.1) is 0 Å². The van der Waals surface area contributed by atoms with Crippen LogP contribution in [0, 0.1) is 11.8 Å². The molecule has 226 valence electrons. The molecule has 0 aromatic heterocycles. The molecule has 3 amide bonds. The van der Waals surface area contributed by atoms with E-state index < -0.39 is 35.1 Å². The number of likely N-dealkylation sites (tertiary alicyclic amines) is 1. The number of ether oxygens (including phenoxy) is 1. The summed E-state index contributed by atoms with van der Waals surface area (Å²) < 4.78 is 6.96. The van der Waals surface area contributed by atoms with Crippen LogP contribution in [0.15, 0.2) is 85.0 Å². The first-order valence-electron chi connectivity index (χ1n) is 15.5. The van der Waals surface area contributed by atoms with Crippen molar-refractivity contribution in [3.05, 3.63) is 96.1 Å². The lowest BCUT2D eigenvalue weighted by atomic mass is 9.74. The van der Waals surface area contributed by atoms with Crippen LogP contribution in [0.3, 0.4) is 0 Å². The van der Waals surface area contributed by atoms with Crippen molar-refractivity contribution in [3.63, 3.8) is 0 Å². The first-order valence-corrected chi connectivity index (χ1v) is 15.5. The Kier molecular flexibility index (Phi) is 8.00. The Bertz CT molecular complexity index is 1410. The standard InChI is InChI=1S/C35H41N3O5/c1-3-4-11-20-36-21-13-19-35-29(32(41)38(30(35)33(36)42)27(24-39)26-16-9-6-10-17-26)28-31(40)37(22-12-18-34(28,2)43-35)23-25-14-7-5-8-15-25/h5-10,12-19,27-30,39H,3-4,11,20-24H2,1-2H3/t27-,28+,29+,30?,34-,35+/m1/s1. The molecule has 4 aliphatic rings. The van der Waals surface area contributed by atoms with E-state index in [4.69, 9.17) is 4.74 Å². The first-order chi connectivity index (χ1) is 20.8. The first kappa shape index (κ1) is 29.3. The van der Waals surface area contributed by atoms with Gasteiger partial charge in [-0.05, 0) is 24.5 Å². The average molecular weight is 584 g/mol. The molecule has 0 aliphatic carbocycles. The van der Waals surface area contributed by atoms with Gasteiger partial charge in [0.2, 0.25) is 17.7 Å². The topological polar surface area (TPSA) is 90.4 Å². The highest BCUT2D eigenvalue weighted by Gasteiger charge is 2.75. The fourth-order valence-corrected chi connectivity index (χ4v) is 7.62. The second kappa shape index (κ2) is 11.7. The number of carbonyl (C=O) groups is 3. The third kappa shape index (κ3) is 4.90. The van der Waals surface area contributed by atoms with Gasteiger partial charge in [0.25, 0.3) is 0 Å². The lowest BCUT2D eigenvalue weighted by Crippen LogP contribution is -2.57. The van der Waals surface area contributed by atoms with Crippen LogP contribution in [0.5, 0.6) is 0 Å². The molecule has 0 saturated carbocycles. The van der Waals surface area contributed by atoms with Crippen molar-refractivity contribution in [2.24, 2.45) is 11.8 Å². The maximum absolute atomic E-state index is 14.8. The van der Waals surface area contributed by atoms with Crippen molar-refractivity contribution in [3.8, 4) is 0 Å². The summed E-state index contributed by atoms with van der Waals surface area (Å²) in [7, 11) is 0. The highest BCUT2D eigenvalue weighted by Crippen LogP contribution is 2.58. The van der Waals surface area contributed by atoms with E-state index in [1.54, 1.807) is 9.80 Å². The van der Waals surface area contributed by atoms with Gasteiger partial charge < -0.3 is 24.5 Å². The van der Waals surface area contributed by atoms with Crippen molar-refractivity contribution < 1.29 is 24.2 Å². The Morgan fingerprint density at radius 2 is 1.53 bits per heavy atom. The number of rotatable bonds is 9. The fourth-order valence-electron chi connectivity index (χ4n) is 7.62. The van der Waals surface area contributed by atoms with Gasteiger partial charge in [-0.3, -0.25) is 14.4 Å². The largest absolute Gasteiger partial charge is 0.394 e. The van der Waals surface area contributed by atoms with Gasteiger partial charge in [0.15, 0.2) is 0 Å². The molecular formula is C35H41N3O5. The van der Waals surface area contributed by atoms with E-state index in [1.807, 2.05) is 91.9 Å². The number of unbranched alkanes of at least 4 members (excludes halogenated alkanes) is 2. The minimum Gasteiger partial charge on any atom is -0.394 e. The third-order valence-corrected chi connectivity index (χ3v) is 9.60. The van der Waals surface area contributed by atoms with E-state index in [0.29, 0.717) is 26.2 Å². The maximum atomic E-state index is 14.8. The number of fused-ring (bicyclic) bond motifs is 2. The van der Waals surface area contributed by atoms with Crippen molar-refractivity contribution >= 4 is 17.7 Å². The van der Waals surface area contributed by atoms with Gasteiger partial charge >= 0.3 is 0 Å². The molecule has 2 saturated heterocycles. The molecule has 0 radical (unpaired) electrons. The zero-order valence-corrected chi connectivity index (χ0v) is 25.0. The summed E-state index contributed by atoms with van der Waals surface area (Å²) >= 11 is 0. The number of nitrogens with zero attached hydrogens (tertiary/aromatic N) is 3. The molecule has 0 bridgehead atoms. The van der Waals surface area contributed by atoms with Crippen LogP contribution < -0.4 is 0 Å². The van der Waals surface area contributed by atoms with Crippen LogP contribution in [0.1, 0.15) is 50.3 Å². The summed E-state index contributed by atoms with van der Waals surface area (Å²) in [4.78, 5) is 48.9. The SMILES string of the molecule is CCCCCN1CC=C[C@]23O[C@]4(C)C=CCN(Cc5ccccc5)C(=O)[C@@H]4[C@H]2C(=O)N([C@H](CO)c2ccccc2)C3C1=O. The number of carbonyl (C=O) groups excluding carboxylic acids is 3. The monoisotopic (exact) mass is 583 g/mol. The van der Waals surface area contributed by atoms with E-state index in [-0.39, 0.29) is 24.3 Å². The highest BCUT2D eigenvalue weighted by atomic mass is 16.5. The van der Waals surface area contributed by atoms with Gasteiger partial charge in [0.1, 0.15) is 11.6 Å². The highest BCUT2D eigenvalue weighted by molar-refractivity contribution is 6.00. The molecule has 1 unspecified atom stereocenters. The smallest absolute Gasteiger partial charge is 0.249 e. The lowest BCUT2D eigenvalue weighted by molar-refractivity contribution is -0.156. The van der Waals surface area contributed by atoms with Crippen LogP contribution >= 0.6 is 0 Å². The Morgan fingerprint density at radius 3 is 2.23 bits per heavy atom. The lowest BCUT2D eigenvalue weighted by Gasteiger charge is -2.40. The fraction of sp³-hybridized carbons (Fsp3) is 0.457. The van der Waals surface area contributed by atoms with Crippen molar-refractivity contribution in [2.75, 3.05) is 26.2 Å². The zero-order valence-electron chi connectivity index (χ0n) is 25.0. The van der Waals surface area contributed by atoms with Gasteiger partial charge in [-0.1, -0.05) is 105 Å². The van der Waals surface area contributed by atoms with Gasteiger partial charge in [-0.25, -0.2) is 0 Å². The molecule has 4 aliphatic heterocycles. The average Bonchev–Trinajstić information content (AvgIpc) is 3.29. The van der Waals surface area contributed by atoms with E-state index in [0.717, 1.165) is 30.4 Å². The molecule has 2 aromatic carbocycles. The molecule has 4 heterocycles. The molecule has 8 heteroatoms. The molecule has 2 fully saturated rings. The number of aliphatic hydroxyl groups excluding tert-OH is 1. The van der Waals surface area contributed by atoms with Gasteiger partial charge in [0.05, 0.1) is 30.1 Å². The summed E-state index contributed by atoms with van der Waals surface area (Å²) in [5, 5.41) is 10.7. The summed E-state index contributed by atoms with van der Waals surface area (Å²) in [6.07, 6.45) is 10.5. The third-order valence-electron chi connectivity index (χ3n) is 9.60. The quantitative estimate of drug-likeness (QED) is 0.358. The summed E-state index contributed by atoms with van der Waals surface area (Å²) in [6.45, 7) is 5.39. The van der Waals surface area contributed by atoms with Gasteiger partial charge in [0, 0.05) is 26.2 Å². The molecule has 6 rings (SSSR count). The Balaban J connectivity index is 1.45. The predicted molar refractivity (Wildman–Crippen MR) is 162 cm³/mol. The van der Waals surface area contributed by atoms with Crippen molar-refractivity contribution in [1.82, 2.24) is 14.7 Å². The predicted octanol–water partition coefficient (Wildman–Crippen LogP) is 3.88.